The number of carboxylic acids is 2. The van der Waals surface area contributed by atoms with Crippen LogP contribution in [-0.2, 0) is 15.8 Å². The van der Waals surface area contributed by atoms with Gasteiger partial charge in [-0.3, -0.25) is 9.59 Å². The van der Waals surface area contributed by atoms with Crippen molar-refractivity contribution in [1.29, 1.82) is 0 Å². The van der Waals surface area contributed by atoms with Crippen molar-refractivity contribution in [1.82, 2.24) is 5.32 Å². The Morgan fingerprint density at radius 1 is 1.15 bits per heavy atom. The zero-order chi connectivity index (χ0) is 15.3. The van der Waals surface area contributed by atoms with Crippen molar-refractivity contribution < 1.29 is 33.0 Å². The number of hydrogen-bond acceptors (Lipinski definition) is 3. The van der Waals surface area contributed by atoms with E-state index in [1.54, 1.807) is 0 Å². The smallest absolute Gasteiger partial charge is 0.416 e. The lowest BCUT2D eigenvalue weighted by molar-refractivity contribution is -0.141. The van der Waals surface area contributed by atoms with Gasteiger partial charge in [0.15, 0.2) is 0 Å². The van der Waals surface area contributed by atoms with E-state index in [4.69, 9.17) is 10.2 Å². The van der Waals surface area contributed by atoms with Crippen LogP contribution in [-0.4, -0.2) is 28.7 Å². The quantitative estimate of drug-likeness (QED) is 0.745. The van der Waals surface area contributed by atoms with Crippen LogP contribution < -0.4 is 5.32 Å². The number of nitrogens with one attached hydrogen (secondary N) is 1. The van der Waals surface area contributed by atoms with Crippen LogP contribution in [0.4, 0.5) is 13.2 Å². The van der Waals surface area contributed by atoms with Crippen molar-refractivity contribution in [2.24, 2.45) is 0 Å². The third-order valence-corrected chi connectivity index (χ3v) is 2.51. The second-order valence-electron chi connectivity index (χ2n) is 3.99. The monoisotopic (exact) mass is 291 g/mol. The number of carboxylic acid groups (broad SMARTS) is 2. The topological polar surface area (TPSA) is 86.6 Å². The third kappa shape index (κ3) is 4.54. The highest BCUT2D eigenvalue weighted by molar-refractivity contribution is 5.75. The van der Waals surface area contributed by atoms with E-state index < -0.39 is 29.7 Å². The van der Waals surface area contributed by atoms with Crippen LogP contribution in [0.5, 0.6) is 0 Å². The third-order valence-electron chi connectivity index (χ3n) is 2.51. The van der Waals surface area contributed by atoms with Crippen molar-refractivity contribution >= 4 is 11.9 Å². The minimum Gasteiger partial charge on any atom is -0.481 e. The highest BCUT2D eigenvalue weighted by atomic mass is 19.4. The number of alkyl halides is 3. The summed E-state index contributed by atoms with van der Waals surface area (Å²) in [6.45, 7) is -0.104. The molecule has 1 aromatic carbocycles. The summed E-state index contributed by atoms with van der Waals surface area (Å²) >= 11 is 0. The van der Waals surface area contributed by atoms with Crippen LogP contribution in [0.15, 0.2) is 24.3 Å². The van der Waals surface area contributed by atoms with E-state index in [1.165, 1.54) is 0 Å². The second kappa shape index (κ2) is 6.38. The SMILES string of the molecule is O=C(O)CCNC(C(=O)O)c1ccc(C(F)(F)F)cc1. The zero-order valence-electron chi connectivity index (χ0n) is 10.1. The van der Waals surface area contributed by atoms with Gasteiger partial charge in [-0.15, -0.1) is 0 Å². The first-order valence-corrected chi connectivity index (χ1v) is 5.57. The van der Waals surface area contributed by atoms with E-state index in [2.05, 4.69) is 5.32 Å². The molecule has 0 bridgehead atoms. The number of hydrogen-bond donors (Lipinski definition) is 3. The van der Waals surface area contributed by atoms with Crippen LogP contribution in [0.25, 0.3) is 0 Å². The molecule has 20 heavy (non-hydrogen) atoms. The molecular formula is C12H12F3NO4. The molecule has 0 amide bonds. The highest BCUT2D eigenvalue weighted by Crippen LogP contribution is 2.29. The fourth-order valence-corrected chi connectivity index (χ4v) is 1.54. The van der Waals surface area contributed by atoms with Gasteiger partial charge >= 0.3 is 18.1 Å². The molecule has 1 atom stereocenters. The molecule has 0 spiro atoms. The molecule has 8 heteroatoms. The Hall–Kier alpha value is -2.09. The summed E-state index contributed by atoms with van der Waals surface area (Å²) in [6.07, 6.45) is -4.78. The summed E-state index contributed by atoms with van der Waals surface area (Å²) in [5.74, 6) is -2.40. The largest absolute Gasteiger partial charge is 0.481 e. The van der Waals surface area contributed by atoms with Crippen molar-refractivity contribution in [2.75, 3.05) is 6.54 Å². The van der Waals surface area contributed by atoms with Crippen molar-refractivity contribution in [3.63, 3.8) is 0 Å². The van der Waals surface area contributed by atoms with Gasteiger partial charge in [-0.2, -0.15) is 13.2 Å². The number of rotatable bonds is 6. The lowest BCUT2D eigenvalue weighted by Crippen LogP contribution is -2.30. The average molecular weight is 291 g/mol. The van der Waals surface area contributed by atoms with E-state index in [9.17, 15) is 22.8 Å². The first-order chi connectivity index (χ1) is 9.21. The maximum absolute atomic E-state index is 12.4. The van der Waals surface area contributed by atoms with E-state index in [0.29, 0.717) is 0 Å². The number of carbonyl (C=O) groups is 2. The van der Waals surface area contributed by atoms with Gasteiger partial charge in [-0.05, 0) is 17.7 Å². The fourth-order valence-electron chi connectivity index (χ4n) is 1.54. The van der Waals surface area contributed by atoms with Gasteiger partial charge in [0.05, 0.1) is 12.0 Å². The lowest BCUT2D eigenvalue weighted by atomic mass is 10.0. The molecule has 1 unspecified atom stereocenters. The zero-order valence-corrected chi connectivity index (χ0v) is 10.1. The van der Waals surface area contributed by atoms with E-state index in [0.717, 1.165) is 24.3 Å². The maximum atomic E-state index is 12.4. The molecule has 1 rings (SSSR count). The average Bonchev–Trinajstić information content (AvgIpc) is 2.33. The Balaban J connectivity index is 2.82. The van der Waals surface area contributed by atoms with Crippen LogP contribution >= 0.6 is 0 Å². The van der Waals surface area contributed by atoms with Gasteiger partial charge in [-0.1, -0.05) is 12.1 Å². The maximum Gasteiger partial charge on any atom is 0.416 e. The predicted molar refractivity (Wildman–Crippen MR) is 62.1 cm³/mol. The Kier molecular flexibility index (Phi) is 5.09. The molecule has 110 valence electrons. The molecule has 0 aliphatic carbocycles. The van der Waals surface area contributed by atoms with E-state index in [1.807, 2.05) is 0 Å². The number of benzene rings is 1. The van der Waals surface area contributed by atoms with Crippen molar-refractivity contribution in [2.45, 2.75) is 18.6 Å². The standard InChI is InChI=1S/C12H12F3NO4/c13-12(14,15)8-3-1-7(2-4-8)10(11(19)20)16-6-5-9(17)18/h1-4,10,16H,5-6H2,(H,17,18)(H,19,20). The molecule has 0 heterocycles. The minimum absolute atomic E-state index is 0.104. The first-order valence-electron chi connectivity index (χ1n) is 5.57. The molecule has 5 nitrogen and oxygen atoms in total. The summed E-state index contributed by atoms with van der Waals surface area (Å²) in [7, 11) is 0. The summed E-state index contributed by atoms with van der Waals surface area (Å²) < 4.78 is 37.1. The number of aliphatic carboxylic acids is 2. The van der Waals surface area contributed by atoms with Crippen molar-refractivity contribution in [3.05, 3.63) is 35.4 Å². The van der Waals surface area contributed by atoms with Gasteiger partial charge in [0, 0.05) is 6.54 Å². The summed E-state index contributed by atoms with van der Waals surface area (Å²) in [5, 5.41) is 19.9. The van der Waals surface area contributed by atoms with E-state index >= 15 is 0 Å². The van der Waals surface area contributed by atoms with Crippen LogP contribution in [0.1, 0.15) is 23.6 Å². The minimum atomic E-state index is -4.49. The van der Waals surface area contributed by atoms with Crippen molar-refractivity contribution in [3.8, 4) is 0 Å². The van der Waals surface area contributed by atoms with E-state index in [-0.39, 0.29) is 18.5 Å². The molecule has 0 aliphatic rings. The normalized spacial score (nSPS) is 12.9. The summed E-state index contributed by atoms with van der Waals surface area (Å²) in [4.78, 5) is 21.4. The van der Waals surface area contributed by atoms with Gasteiger partial charge < -0.3 is 15.5 Å². The molecule has 0 saturated heterocycles. The first kappa shape index (κ1) is 16.0. The predicted octanol–water partition coefficient (Wildman–Crippen LogP) is 1.90. The Labute approximate surface area is 112 Å². The molecular weight excluding hydrogens is 279 g/mol. The molecule has 0 saturated carbocycles. The Bertz CT molecular complexity index is 484. The molecule has 0 aliphatic heterocycles. The molecule has 0 fully saturated rings. The Morgan fingerprint density at radius 3 is 2.10 bits per heavy atom. The Morgan fingerprint density at radius 2 is 1.70 bits per heavy atom. The fraction of sp³-hybridized carbons (Fsp3) is 0.333. The highest BCUT2D eigenvalue weighted by Gasteiger charge is 2.30. The molecule has 0 aromatic heterocycles. The van der Waals surface area contributed by atoms with Gasteiger partial charge in [0.2, 0.25) is 0 Å². The van der Waals surface area contributed by atoms with Gasteiger partial charge in [0.25, 0.3) is 0 Å². The van der Waals surface area contributed by atoms with Crippen LogP contribution in [0.3, 0.4) is 0 Å². The van der Waals surface area contributed by atoms with Crippen LogP contribution in [0, 0.1) is 0 Å². The van der Waals surface area contributed by atoms with Crippen LogP contribution in [0.2, 0.25) is 0 Å². The summed E-state index contributed by atoms with van der Waals surface area (Å²) in [6, 6.07) is 2.41. The molecule has 3 N–H and O–H groups in total. The summed E-state index contributed by atoms with van der Waals surface area (Å²) in [5.41, 5.74) is -0.758. The second-order valence-corrected chi connectivity index (χ2v) is 3.99. The van der Waals surface area contributed by atoms with Gasteiger partial charge in [0.1, 0.15) is 6.04 Å². The number of halogens is 3. The van der Waals surface area contributed by atoms with Gasteiger partial charge in [-0.25, -0.2) is 0 Å². The molecule has 0 radical (unpaired) electrons. The molecule has 1 aromatic rings. The lowest BCUT2D eigenvalue weighted by Gasteiger charge is -2.15.